The van der Waals surface area contributed by atoms with Crippen LogP contribution < -0.4 is 0 Å². The number of aliphatic hydroxyl groups is 1. The number of phosphoric ester groups is 2. The van der Waals surface area contributed by atoms with Crippen molar-refractivity contribution < 1.29 is 80.2 Å². The lowest BCUT2D eigenvalue weighted by Gasteiger charge is -2.21. The second-order valence-electron chi connectivity index (χ2n) is 29.7. The second-order valence-corrected chi connectivity index (χ2v) is 32.6. The molecule has 3 unspecified atom stereocenters. The first-order valence-electron chi connectivity index (χ1n) is 39.7. The molecule has 17 nitrogen and oxygen atoms in total. The zero-order chi connectivity index (χ0) is 71.0. The third kappa shape index (κ3) is 70.5. The Balaban J connectivity index is 5.22. The van der Waals surface area contributed by atoms with E-state index in [0.29, 0.717) is 31.6 Å². The number of phosphoric acid groups is 2. The number of carbonyl (C=O) groups excluding carboxylic acids is 4. The van der Waals surface area contributed by atoms with Gasteiger partial charge in [0, 0.05) is 25.7 Å². The summed E-state index contributed by atoms with van der Waals surface area (Å²) in [5, 5.41) is 10.6. The molecule has 0 fully saturated rings. The molecule has 0 spiro atoms. The Morgan fingerprint density at radius 3 is 0.646 bits per heavy atom. The molecule has 0 saturated carbocycles. The van der Waals surface area contributed by atoms with Crippen LogP contribution in [0.4, 0.5) is 0 Å². The summed E-state index contributed by atoms with van der Waals surface area (Å²) >= 11 is 0. The zero-order valence-corrected chi connectivity index (χ0v) is 64.8. The maximum absolute atomic E-state index is 13.1. The predicted molar refractivity (Wildman–Crippen MR) is 391 cm³/mol. The Labute approximate surface area is 588 Å². The van der Waals surface area contributed by atoms with Crippen molar-refractivity contribution in [1.29, 1.82) is 0 Å². The van der Waals surface area contributed by atoms with Crippen LogP contribution in [0, 0.1) is 23.7 Å². The fourth-order valence-electron chi connectivity index (χ4n) is 11.7. The van der Waals surface area contributed by atoms with Crippen LogP contribution in [0.15, 0.2) is 0 Å². The molecule has 19 heteroatoms. The summed E-state index contributed by atoms with van der Waals surface area (Å²) < 4.78 is 68.5. The second kappa shape index (κ2) is 66.3. The van der Waals surface area contributed by atoms with Gasteiger partial charge in [0.05, 0.1) is 26.4 Å². The lowest BCUT2D eigenvalue weighted by Crippen LogP contribution is -2.30. The lowest BCUT2D eigenvalue weighted by molar-refractivity contribution is -0.161. The fraction of sp³-hybridized carbons (Fsp3) is 0.948. The van der Waals surface area contributed by atoms with Crippen molar-refractivity contribution in [2.45, 2.75) is 408 Å². The van der Waals surface area contributed by atoms with E-state index in [1.54, 1.807) is 0 Å². The number of aliphatic hydroxyl groups excluding tert-OH is 1. The minimum absolute atomic E-state index is 0.103. The lowest BCUT2D eigenvalue weighted by atomic mass is 10.0. The van der Waals surface area contributed by atoms with Crippen LogP contribution in [0.2, 0.25) is 0 Å². The average Bonchev–Trinajstić information content (AvgIpc) is 1.33. The van der Waals surface area contributed by atoms with Crippen LogP contribution in [-0.4, -0.2) is 96.7 Å². The van der Waals surface area contributed by atoms with Gasteiger partial charge in [-0.3, -0.25) is 37.3 Å². The predicted octanol–water partition coefficient (Wildman–Crippen LogP) is 22.4. The van der Waals surface area contributed by atoms with Gasteiger partial charge in [-0.2, -0.15) is 0 Å². The monoisotopic (exact) mass is 1410 g/mol. The van der Waals surface area contributed by atoms with Crippen molar-refractivity contribution in [2.24, 2.45) is 23.7 Å². The molecule has 0 saturated heterocycles. The number of hydrogen-bond acceptors (Lipinski definition) is 15. The smallest absolute Gasteiger partial charge is 0.462 e. The standard InChI is InChI=1S/C77H150O17P2/c1-67(2)53-45-37-29-22-18-14-11-9-10-12-16-20-24-33-41-49-57-74(79)87-63-72(93-76(81)59-51-43-34-25-21-17-13-15-19-23-30-38-46-54-68(3)4)65-91-95(83,84)89-61-71(78)62-90-96(85,86)92-66-73(64-88-75(80)58-50-42-36-28-32-40-48-56-70(7)8)94-77(82)60-52-44-35-27-26-31-39-47-55-69(5)6/h67-73,78H,9-66H2,1-8H3,(H,83,84)(H,85,86)/t71?,72-,73-/m1/s1. The fourth-order valence-corrected chi connectivity index (χ4v) is 13.3. The Hall–Kier alpha value is -1.94. The number of ether oxygens (including phenoxy) is 4. The normalized spacial score (nSPS) is 14.1. The van der Waals surface area contributed by atoms with Crippen LogP contribution in [0.1, 0.15) is 389 Å². The summed E-state index contributed by atoms with van der Waals surface area (Å²) in [7, 11) is -9.91. The van der Waals surface area contributed by atoms with E-state index in [4.69, 9.17) is 37.0 Å². The quantitative estimate of drug-likeness (QED) is 0.0222. The highest BCUT2D eigenvalue weighted by atomic mass is 31.2. The van der Waals surface area contributed by atoms with Gasteiger partial charge in [-0.1, -0.05) is 338 Å². The molecule has 0 rings (SSSR count). The molecule has 0 amide bonds. The van der Waals surface area contributed by atoms with E-state index in [-0.39, 0.29) is 25.7 Å². The van der Waals surface area contributed by atoms with Gasteiger partial charge < -0.3 is 33.8 Å². The van der Waals surface area contributed by atoms with Crippen molar-refractivity contribution >= 4 is 39.5 Å². The summed E-state index contributed by atoms with van der Waals surface area (Å²) in [4.78, 5) is 72.8. The van der Waals surface area contributed by atoms with Crippen molar-refractivity contribution in [2.75, 3.05) is 39.6 Å². The van der Waals surface area contributed by atoms with Gasteiger partial charge in [0.15, 0.2) is 12.2 Å². The van der Waals surface area contributed by atoms with Crippen molar-refractivity contribution in [3.8, 4) is 0 Å². The van der Waals surface area contributed by atoms with E-state index in [2.05, 4.69) is 55.4 Å². The maximum Gasteiger partial charge on any atom is 0.472 e. The number of hydrogen-bond donors (Lipinski definition) is 3. The summed E-state index contributed by atoms with van der Waals surface area (Å²) in [6.07, 6.45) is 51.5. The first kappa shape index (κ1) is 94.1. The molecule has 0 aromatic heterocycles. The third-order valence-electron chi connectivity index (χ3n) is 17.8. The SMILES string of the molecule is CC(C)CCCCCCCCCCCCCCCCCCC(=O)OC[C@H](COP(=O)(O)OCC(O)COP(=O)(O)OC[C@@H](COC(=O)CCCCCCCCCC(C)C)OC(=O)CCCCCCCCCCC(C)C)OC(=O)CCCCCCCCCCCCCCCC(C)C. The highest BCUT2D eigenvalue weighted by Crippen LogP contribution is 2.45. The molecule has 0 aliphatic carbocycles. The molecule has 0 bridgehead atoms. The maximum atomic E-state index is 13.1. The van der Waals surface area contributed by atoms with Gasteiger partial charge >= 0.3 is 39.5 Å². The van der Waals surface area contributed by atoms with Gasteiger partial charge in [-0.15, -0.1) is 0 Å². The van der Waals surface area contributed by atoms with Crippen LogP contribution in [0.3, 0.4) is 0 Å². The number of carbonyl (C=O) groups is 4. The summed E-state index contributed by atoms with van der Waals surface area (Å²) in [6.45, 7) is 14.2. The Bertz CT molecular complexity index is 1880. The molecule has 0 aromatic rings. The highest BCUT2D eigenvalue weighted by molar-refractivity contribution is 7.47. The largest absolute Gasteiger partial charge is 0.472 e. The van der Waals surface area contributed by atoms with E-state index >= 15 is 0 Å². The van der Waals surface area contributed by atoms with Crippen LogP contribution >= 0.6 is 15.6 Å². The summed E-state index contributed by atoms with van der Waals surface area (Å²) in [5.41, 5.74) is 0. The minimum Gasteiger partial charge on any atom is -0.462 e. The molecule has 570 valence electrons. The molecule has 5 atom stereocenters. The molecule has 0 aliphatic rings. The molecule has 96 heavy (non-hydrogen) atoms. The number of esters is 4. The van der Waals surface area contributed by atoms with E-state index < -0.39 is 97.5 Å². The van der Waals surface area contributed by atoms with Gasteiger partial charge in [-0.25, -0.2) is 9.13 Å². The van der Waals surface area contributed by atoms with Gasteiger partial charge in [0.1, 0.15) is 19.3 Å². The molecule has 3 N–H and O–H groups in total. The van der Waals surface area contributed by atoms with Crippen molar-refractivity contribution in [1.82, 2.24) is 0 Å². The molecule has 0 aliphatic heterocycles. The summed E-state index contributed by atoms with van der Waals surface area (Å²) in [5.74, 6) is 0.901. The average molecular weight is 1410 g/mol. The van der Waals surface area contributed by atoms with Gasteiger partial charge in [0.25, 0.3) is 0 Å². The third-order valence-corrected chi connectivity index (χ3v) is 19.7. The molecule has 0 aromatic carbocycles. The van der Waals surface area contributed by atoms with E-state index in [1.165, 1.54) is 186 Å². The topological polar surface area (TPSA) is 237 Å². The van der Waals surface area contributed by atoms with Crippen LogP contribution in [-0.2, 0) is 65.4 Å². The summed E-state index contributed by atoms with van der Waals surface area (Å²) in [6, 6.07) is 0. The van der Waals surface area contributed by atoms with Gasteiger partial charge in [-0.05, 0) is 49.4 Å². The minimum atomic E-state index is -4.96. The van der Waals surface area contributed by atoms with E-state index in [0.717, 1.165) is 114 Å². The van der Waals surface area contributed by atoms with Gasteiger partial charge in [0.2, 0.25) is 0 Å². The highest BCUT2D eigenvalue weighted by Gasteiger charge is 2.30. The first-order valence-corrected chi connectivity index (χ1v) is 42.7. The number of rotatable bonds is 74. The van der Waals surface area contributed by atoms with E-state index in [9.17, 15) is 43.2 Å². The number of unbranched alkanes of at least 4 members (excludes halogenated alkanes) is 40. The molecule has 0 heterocycles. The van der Waals surface area contributed by atoms with Crippen LogP contribution in [0.5, 0.6) is 0 Å². The van der Waals surface area contributed by atoms with Crippen molar-refractivity contribution in [3.05, 3.63) is 0 Å². The Morgan fingerprint density at radius 1 is 0.260 bits per heavy atom. The Kier molecular flexibility index (Phi) is 65.0. The van der Waals surface area contributed by atoms with E-state index in [1.807, 2.05) is 0 Å². The van der Waals surface area contributed by atoms with Crippen molar-refractivity contribution in [3.63, 3.8) is 0 Å². The zero-order valence-electron chi connectivity index (χ0n) is 63.0. The molecular formula is C77H150O17P2. The molecule has 0 radical (unpaired) electrons. The molecular weight excluding hydrogens is 1260 g/mol. The van der Waals surface area contributed by atoms with Crippen LogP contribution in [0.25, 0.3) is 0 Å². The Morgan fingerprint density at radius 2 is 0.438 bits per heavy atom. The first-order chi connectivity index (χ1) is 46.1.